The van der Waals surface area contributed by atoms with E-state index in [2.05, 4.69) is 56.1 Å². The fraction of sp³-hybridized carbons (Fsp3) is 0.625. The van der Waals surface area contributed by atoms with Crippen LogP contribution in [0.25, 0.3) is 0 Å². The molecule has 1 aliphatic heterocycles. The molecule has 0 bridgehead atoms. The maximum atomic E-state index is 5.91. The van der Waals surface area contributed by atoms with Crippen LogP contribution in [0.4, 0.5) is 0 Å². The van der Waals surface area contributed by atoms with E-state index in [1.54, 1.807) is 0 Å². The maximum Gasteiger partial charge on any atom is 0.00726 e. The van der Waals surface area contributed by atoms with Crippen molar-refractivity contribution in [1.82, 2.24) is 4.90 Å². The van der Waals surface area contributed by atoms with E-state index in [-0.39, 0.29) is 17.8 Å². The Balaban J connectivity index is 0.00000180. The molecule has 0 spiro atoms. The molecule has 3 unspecified atom stereocenters. The topological polar surface area (TPSA) is 29.3 Å². The number of nitrogens with zero attached hydrogens (tertiary/aromatic N) is 1. The van der Waals surface area contributed by atoms with Gasteiger partial charge in [-0.3, -0.25) is 0 Å². The van der Waals surface area contributed by atoms with Gasteiger partial charge in [-0.1, -0.05) is 37.3 Å². The maximum absolute atomic E-state index is 5.91. The minimum Gasteiger partial charge on any atom is -1.00 e. The van der Waals surface area contributed by atoms with Gasteiger partial charge in [0, 0.05) is 18.0 Å². The second kappa shape index (κ2) is 6.74. The molecule has 1 aliphatic rings. The third kappa shape index (κ3) is 3.13. The number of hydrogen-bond donors (Lipinski definition) is 1. The monoisotopic (exact) mass is 281 g/mol. The highest BCUT2D eigenvalue weighted by molar-refractivity contribution is 5.28. The number of hydrogen-bond acceptors (Lipinski definition) is 2. The summed E-state index contributed by atoms with van der Waals surface area (Å²) in [6.45, 7) is 6.65. The molecule has 19 heavy (non-hydrogen) atoms. The van der Waals surface area contributed by atoms with Gasteiger partial charge in [0.15, 0.2) is 0 Å². The van der Waals surface area contributed by atoms with Gasteiger partial charge in [-0.05, 0) is 44.8 Å². The highest BCUT2D eigenvalue weighted by atomic mass is 35.5. The van der Waals surface area contributed by atoms with Gasteiger partial charge in [0.05, 0.1) is 0 Å². The van der Waals surface area contributed by atoms with Crippen molar-refractivity contribution in [2.24, 2.45) is 11.7 Å². The lowest BCUT2D eigenvalue weighted by Gasteiger charge is -2.49. The van der Waals surface area contributed by atoms with Crippen LogP contribution >= 0.6 is 0 Å². The molecule has 0 aliphatic carbocycles. The molecule has 0 amide bonds. The van der Waals surface area contributed by atoms with Gasteiger partial charge in [-0.15, -0.1) is 0 Å². The van der Waals surface area contributed by atoms with Crippen molar-refractivity contribution in [3.8, 4) is 0 Å². The number of nitrogens with two attached hydrogens (primary N) is 1. The van der Waals surface area contributed by atoms with Crippen molar-refractivity contribution >= 4 is 0 Å². The Kier molecular flexibility index (Phi) is 5.84. The Hall–Kier alpha value is -0.570. The molecule has 0 radical (unpaired) electrons. The molecule has 1 aromatic rings. The lowest BCUT2D eigenvalue weighted by molar-refractivity contribution is -0.00000427. The average Bonchev–Trinajstić information content (AvgIpc) is 2.37. The molecular formula is C16H26ClN2-. The van der Waals surface area contributed by atoms with E-state index in [9.17, 15) is 0 Å². The van der Waals surface area contributed by atoms with Gasteiger partial charge in [0.25, 0.3) is 0 Å². The molecule has 2 rings (SSSR count). The van der Waals surface area contributed by atoms with Crippen LogP contribution in [0.5, 0.6) is 0 Å². The lowest BCUT2D eigenvalue weighted by atomic mass is 9.63. The van der Waals surface area contributed by atoms with Gasteiger partial charge in [0.2, 0.25) is 0 Å². The van der Waals surface area contributed by atoms with Crippen molar-refractivity contribution in [3.63, 3.8) is 0 Å². The number of likely N-dealkylation sites (tertiary alicyclic amines) is 1. The molecule has 1 fully saturated rings. The highest BCUT2D eigenvalue weighted by Crippen LogP contribution is 2.43. The molecule has 0 aromatic heterocycles. The van der Waals surface area contributed by atoms with Gasteiger partial charge in [-0.2, -0.15) is 0 Å². The molecule has 1 saturated heterocycles. The van der Waals surface area contributed by atoms with E-state index in [4.69, 9.17) is 5.73 Å². The first-order valence-corrected chi connectivity index (χ1v) is 7.06. The van der Waals surface area contributed by atoms with E-state index >= 15 is 0 Å². The van der Waals surface area contributed by atoms with Gasteiger partial charge < -0.3 is 23.0 Å². The Morgan fingerprint density at radius 1 is 1.26 bits per heavy atom. The minimum absolute atomic E-state index is 0. The Labute approximate surface area is 123 Å². The SMILES string of the molecule is CC1CC(CCN)(c2ccccc2)C(C)CN1C.[Cl-]. The summed E-state index contributed by atoms with van der Waals surface area (Å²) in [4.78, 5) is 2.47. The molecule has 2 nitrogen and oxygen atoms in total. The quantitative estimate of drug-likeness (QED) is 0.820. The molecule has 0 saturated carbocycles. The highest BCUT2D eigenvalue weighted by Gasteiger charge is 2.42. The van der Waals surface area contributed by atoms with Gasteiger partial charge >= 0.3 is 0 Å². The summed E-state index contributed by atoms with van der Waals surface area (Å²) in [5, 5.41) is 0. The average molecular weight is 282 g/mol. The fourth-order valence-corrected chi connectivity index (χ4v) is 3.59. The molecule has 3 heteroatoms. The number of piperidine rings is 1. The number of benzene rings is 1. The zero-order valence-corrected chi connectivity index (χ0v) is 13.0. The summed E-state index contributed by atoms with van der Waals surface area (Å²) >= 11 is 0. The van der Waals surface area contributed by atoms with Crippen LogP contribution in [0.3, 0.4) is 0 Å². The van der Waals surface area contributed by atoms with E-state index in [0.29, 0.717) is 12.0 Å². The van der Waals surface area contributed by atoms with Crippen molar-refractivity contribution in [2.45, 2.75) is 38.1 Å². The molecule has 108 valence electrons. The molecule has 1 aromatic carbocycles. The largest absolute Gasteiger partial charge is 1.00 e. The van der Waals surface area contributed by atoms with Crippen LogP contribution in [0, 0.1) is 5.92 Å². The van der Waals surface area contributed by atoms with Crippen molar-refractivity contribution in [3.05, 3.63) is 35.9 Å². The smallest absolute Gasteiger partial charge is 0.00726 e. The van der Waals surface area contributed by atoms with Crippen LogP contribution in [-0.4, -0.2) is 31.1 Å². The number of rotatable bonds is 3. The second-order valence-electron chi connectivity index (χ2n) is 5.95. The van der Waals surface area contributed by atoms with Crippen LogP contribution in [0.15, 0.2) is 30.3 Å². The third-order valence-electron chi connectivity index (χ3n) is 4.86. The van der Waals surface area contributed by atoms with E-state index in [1.807, 2.05) is 0 Å². The van der Waals surface area contributed by atoms with E-state index in [0.717, 1.165) is 19.5 Å². The number of halogens is 1. The van der Waals surface area contributed by atoms with Crippen LogP contribution in [0.2, 0.25) is 0 Å². The summed E-state index contributed by atoms with van der Waals surface area (Å²) in [6, 6.07) is 11.6. The summed E-state index contributed by atoms with van der Waals surface area (Å²) in [6.07, 6.45) is 2.31. The predicted molar refractivity (Wildman–Crippen MR) is 77.7 cm³/mol. The summed E-state index contributed by atoms with van der Waals surface area (Å²) in [7, 11) is 2.23. The molecule has 2 N–H and O–H groups in total. The summed E-state index contributed by atoms with van der Waals surface area (Å²) in [5.74, 6) is 0.657. The standard InChI is InChI=1S/C16H26N2.ClH/c1-13-12-18(3)14(2)11-16(13,9-10-17)15-7-5-4-6-8-15;/h4-8,13-14H,9-12,17H2,1-3H3;1H/p-1. The van der Waals surface area contributed by atoms with Gasteiger partial charge in [0.1, 0.15) is 0 Å². The normalized spacial score (nSPS) is 31.8. The van der Waals surface area contributed by atoms with Gasteiger partial charge in [-0.25, -0.2) is 0 Å². The van der Waals surface area contributed by atoms with Crippen LogP contribution in [0.1, 0.15) is 32.3 Å². The Bertz CT molecular complexity index is 382. The fourth-order valence-electron chi connectivity index (χ4n) is 3.59. The third-order valence-corrected chi connectivity index (χ3v) is 4.86. The first-order chi connectivity index (χ1) is 8.60. The summed E-state index contributed by atoms with van der Waals surface area (Å²) < 4.78 is 0. The molecule has 3 atom stereocenters. The van der Waals surface area contributed by atoms with E-state index in [1.165, 1.54) is 12.0 Å². The van der Waals surface area contributed by atoms with Crippen molar-refractivity contribution < 1.29 is 12.4 Å². The van der Waals surface area contributed by atoms with E-state index < -0.39 is 0 Å². The zero-order valence-electron chi connectivity index (χ0n) is 12.3. The second-order valence-corrected chi connectivity index (χ2v) is 5.95. The van der Waals surface area contributed by atoms with Crippen LogP contribution < -0.4 is 18.1 Å². The van der Waals surface area contributed by atoms with Crippen LogP contribution in [-0.2, 0) is 5.41 Å². The minimum atomic E-state index is 0. The first kappa shape index (κ1) is 16.5. The predicted octanol–water partition coefficient (Wildman–Crippen LogP) is -0.363. The lowest BCUT2D eigenvalue weighted by Crippen LogP contribution is -3.00. The van der Waals surface area contributed by atoms with Crippen molar-refractivity contribution in [2.75, 3.05) is 20.1 Å². The Morgan fingerprint density at radius 2 is 1.89 bits per heavy atom. The molecular weight excluding hydrogens is 256 g/mol. The summed E-state index contributed by atoms with van der Waals surface area (Å²) in [5.41, 5.74) is 7.65. The zero-order chi connectivity index (χ0) is 13.2. The van der Waals surface area contributed by atoms with Crippen molar-refractivity contribution in [1.29, 1.82) is 0 Å². The molecule has 1 heterocycles. The first-order valence-electron chi connectivity index (χ1n) is 7.06. The Morgan fingerprint density at radius 3 is 2.47 bits per heavy atom.